The Morgan fingerprint density at radius 2 is 0.795 bits per heavy atom. The third-order valence-electron chi connectivity index (χ3n) is 14.3. The molecule has 0 aromatic carbocycles. The molecular weight excluding hydrogens is 984 g/mol. The summed E-state index contributed by atoms with van der Waals surface area (Å²) in [6, 6.07) is -0.912. The first-order valence-electron chi connectivity index (χ1n) is 32.6. The summed E-state index contributed by atoms with van der Waals surface area (Å²) in [5.74, 6) is -0.210. The highest BCUT2D eigenvalue weighted by atomic mass is 31.2. The molecule has 0 heterocycles. The summed E-state index contributed by atoms with van der Waals surface area (Å²) < 4.78 is 23.3. The molecule has 0 rings (SSSR count). The number of hydrogen-bond acceptors (Lipinski definition) is 6. The van der Waals surface area contributed by atoms with Gasteiger partial charge in [0.1, 0.15) is 13.2 Å². The van der Waals surface area contributed by atoms with Crippen LogP contribution in [0.15, 0.2) is 97.2 Å². The first kappa shape index (κ1) is 75.4. The number of phosphoric acid groups is 1. The fraction of sp³-hybridized carbons (Fsp3) is 0.754. The fourth-order valence-electron chi connectivity index (χ4n) is 9.21. The molecule has 0 aromatic rings. The van der Waals surface area contributed by atoms with E-state index in [9.17, 15) is 19.4 Å². The number of phosphoric ester groups is 1. The number of likely N-dealkylation sites (N-methyl/N-ethyl adjacent to an activating group) is 1. The van der Waals surface area contributed by atoms with Crippen molar-refractivity contribution in [3.8, 4) is 0 Å². The van der Waals surface area contributed by atoms with Crippen LogP contribution in [-0.2, 0) is 18.4 Å². The summed E-state index contributed by atoms with van der Waals surface area (Å²) in [5.41, 5.74) is 0. The van der Waals surface area contributed by atoms with Gasteiger partial charge in [0.05, 0.1) is 39.9 Å². The monoisotopic (exact) mass is 1110 g/mol. The molecular formula is C69H125N2O6P. The number of unbranched alkanes of at least 4 members (excludes halogenated alkanes) is 32. The molecule has 0 spiro atoms. The van der Waals surface area contributed by atoms with E-state index in [0.29, 0.717) is 17.4 Å². The van der Waals surface area contributed by atoms with Crippen molar-refractivity contribution in [2.45, 2.75) is 296 Å². The van der Waals surface area contributed by atoms with Crippen LogP contribution >= 0.6 is 7.82 Å². The molecule has 0 saturated carbocycles. The lowest BCUT2D eigenvalue weighted by Crippen LogP contribution is -2.45. The predicted molar refractivity (Wildman–Crippen MR) is 339 cm³/mol. The number of aliphatic hydroxyl groups excluding tert-OH is 1. The first-order valence-corrected chi connectivity index (χ1v) is 34.1. The van der Waals surface area contributed by atoms with Crippen molar-refractivity contribution in [3.05, 3.63) is 97.2 Å². The van der Waals surface area contributed by atoms with E-state index < -0.39 is 26.6 Å². The minimum Gasteiger partial charge on any atom is -0.756 e. The summed E-state index contributed by atoms with van der Waals surface area (Å²) in [7, 11) is 1.24. The Bertz CT molecular complexity index is 1590. The lowest BCUT2D eigenvalue weighted by molar-refractivity contribution is -0.870. The van der Waals surface area contributed by atoms with Gasteiger partial charge in [-0.3, -0.25) is 9.36 Å². The quantitative estimate of drug-likeness (QED) is 0.0272. The molecule has 0 radical (unpaired) electrons. The second-order valence-electron chi connectivity index (χ2n) is 23.1. The van der Waals surface area contributed by atoms with Crippen LogP contribution < -0.4 is 10.2 Å². The van der Waals surface area contributed by atoms with E-state index >= 15 is 0 Å². The van der Waals surface area contributed by atoms with Crippen LogP contribution in [0.25, 0.3) is 0 Å². The standard InChI is InChI=1S/C69H125N2O6P/c1-6-8-10-12-14-16-18-20-22-23-24-25-26-27-28-29-30-31-32-33-34-35-36-37-38-39-40-41-42-43-44-45-46-47-49-51-53-55-57-59-61-63-69(73)70-67(66-77-78(74,75)76-65-64-71(3,4)5)68(72)62-60-58-56-54-52-50-48-21-19-17-15-13-11-9-7-2/h8,10,14,16,19-22,24-25,27-28,52,54,60,62,67-68,72H,6-7,9,11-13,15,17-18,23,26,29-51,53,55-59,61,63-66H2,1-5H3,(H-,70,73,74,75)/b10-8-,16-14-,21-19+,22-20-,25-24-,28-27-,54-52+,62-60+. The Morgan fingerprint density at radius 1 is 0.462 bits per heavy atom. The Hall–Kier alpha value is -2.58. The molecule has 9 heteroatoms. The van der Waals surface area contributed by atoms with E-state index in [-0.39, 0.29) is 12.5 Å². The molecule has 1 amide bonds. The minimum absolute atomic E-state index is 0.0103. The Labute approximate surface area is 483 Å². The molecule has 0 aliphatic rings. The molecule has 0 aliphatic carbocycles. The van der Waals surface area contributed by atoms with Crippen molar-refractivity contribution in [3.63, 3.8) is 0 Å². The number of nitrogens with one attached hydrogen (secondary N) is 1. The zero-order chi connectivity index (χ0) is 57.0. The van der Waals surface area contributed by atoms with Crippen molar-refractivity contribution in [2.75, 3.05) is 40.9 Å². The van der Waals surface area contributed by atoms with E-state index in [1.807, 2.05) is 27.2 Å². The van der Waals surface area contributed by atoms with Crippen LogP contribution in [0.5, 0.6) is 0 Å². The number of amides is 1. The topological polar surface area (TPSA) is 108 Å². The highest BCUT2D eigenvalue weighted by molar-refractivity contribution is 7.45. The van der Waals surface area contributed by atoms with Crippen LogP contribution in [0.2, 0.25) is 0 Å². The van der Waals surface area contributed by atoms with Gasteiger partial charge in [0, 0.05) is 6.42 Å². The SMILES string of the molecule is CC/C=C\C/C=C\C/C=C\C/C=C\C/C=C\CCCCCCCCCCCCCCCCCCCCCCCCCCCC(=O)NC(COP(=O)([O-])OCC[N+](C)(C)C)C(O)/C=C/CC/C=C/CC/C=C/CCCCCCC. The minimum atomic E-state index is -4.61. The molecule has 0 fully saturated rings. The number of aliphatic hydroxyl groups is 1. The van der Waals surface area contributed by atoms with Gasteiger partial charge in [-0.2, -0.15) is 0 Å². The van der Waals surface area contributed by atoms with Gasteiger partial charge in [-0.1, -0.05) is 284 Å². The van der Waals surface area contributed by atoms with Crippen LogP contribution in [-0.4, -0.2) is 68.5 Å². The van der Waals surface area contributed by atoms with Gasteiger partial charge in [0.25, 0.3) is 7.82 Å². The number of allylic oxidation sites excluding steroid dienone is 15. The maximum absolute atomic E-state index is 13.0. The number of rotatable bonds is 59. The lowest BCUT2D eigenvalue weighted by atomic mass is 10.0. The first-order chi connectivity index (χ1) is 38.0. The number of quaternary nitrogens is 1. The maximum atomic E-state index is 13.0. The highest BCUT2D eigenvalue weighted by Gasteiger charge is 2.23. The third kappa shape index (κ3) is 61.0. The van der Waals surface area contributed by atoms with Gasteiger partial charge < -0.3 is 28.8 Å². The summed E-state index contributed by atoms with van der Waals surface area (Å²) in [4.78, 5) is 25.5. The molecule has 2 N–H and O–H groups in total. The van der Waals surface area contributed by atoms with Gasteiger partial charge in [-0.15, -0.1) is 0 Å². The molecule has 78 heavy (non-hydrogen) atoms. The van der Waals surface area contributed by atoms with Crippen molar-refractivity contribution in [2.24, 2.45) is 0 Å². The van der Waals surface area contributed by atoms with E-state index in [1.165, 1.54) is 186 Å². The van der Waals surface area contributed by atoms with Gasteiger partial charge in [-0.25, -0.2) is 0 Å². The smallest absolute Gasteiger partial charge is 0.268 e. The van der Waals surface area contributed by atoms with Crippen LogP contribution in [0.4, 0.5) is 0 Å². The summed E-state index contributed by atoms with van der Waals surface area (Å²) in [6.07, 6.45) is 85.3. The normalized spacial score (nSPS) is 14.4. The largest absolute Gasteiger partial charge is 0.756 e. The molecule has 0 saturated heterocycles. The fourth-order valence-corrected chi connectivity index (χ4v) is 9.94. The van der Waals surface area contributed by atoms with Gasteiger partial charge in [-0.05, 0) is 89.9 Å². The van der Waals surface area contributed by atoms with Crippen molar-refractivity contribution in [1.29, 1.82) is 0 Å². The molecule has 0 aromatic heterocycles. The summed E-state index contributed by atoms with van der Waals surface area (Å²) in [5, 5.41) is 13.9. The molecule has 0 bridgehead atoms. The Kier molecular flexibility index (Phi) is 57.1. The van der Waals surface area contributed by atoms with E-state index in [2.05, 4.69) is 104 Å². The Morgan fingerprint density at radius 3 is 1.19 bits per heavy atom. The predicted octanol–water partition coefficient (Wildman–Crippen LogP) is 19.9. The van der Waals surface area contributed by atoms with Gasteiger partial charge >= 0.3 is 0 Å². The Balaban J connectivity index is 3.93. The number of carbonyl (C=O) groups excluding carboxylic acids is 1. The van der Waals surface area contributed by atoms with Crippen molar-refractivity contribution in [1.82, 2.24) is 5.32 Å². The van der Waals surface area contributed by atoms with Crippen LogP contribution in [0.1, 0.15) is 284 Å². The number of hydrogen-bond donors (Lipinski definition) is 2. The zero-order valence-corrected chi connectivity index (χ0v) is 52.5. The summed E-state index contributed by atoms with van der Waals surface area (Å²) in [6.45, 7) is 4.50. The number of nitrogens with zero attached hydrogens (tertiary/aromatic N) is 1. The van der Waals surface area contributed by atoms with Crippen LogP contribution in [0.3, 0.4) is 0 Å². The average Bonchev–Trinajstić information content (AvgIpc) is 3.41. The van der Waals surface area contributed by atoms with Crippen molar-refractivity contribution < 1.29 is 32.9 Å². The number of carbonyl (C=O) groups is 1. The summed E-state index contributed by atoms with van der Waals surface area (Å²) >= 11 is 0. The average molecular weight is 1110 g/mol. The van der Waals surface area contributed by atoms with E-state index in [4.69, 9.17) is 9.05 Å². The second kappa shape index (κ2) is 59.1. The van der Waals surface area contributed by atoms with Crippen molar-refractivity contribution >= 4 is 13.7 Å². The zero-order valence-electron chi connectivity index (χ0n) is 51.6. The lowest BCUT2D eigenvalue weighted by Gasteiger charge is -2.29. The van der Waals surface area contributed by atoms with Gasteiger partial charge in [0.15, 0.2) is 0 Å². The second-order valence-corrected chi connectivity index (χ2v) is 24.5. The van der Waals surface area contributed by atoms with Crippen LogP contribution in [0, 0.1) is 0 Å². The van der Waals surface area contributed by atoms with E-state index in [1.54, 1.807) is 6.08 Å². The molecule has 3 unspecified atom stereocenters. The van der Waals surface area contributed by atoms with E-state index in [0.717, 1.165) is 77.0 Å². The molecule has 8 nitrogen and oxygen atoms in total. The van der Waals surface area contributed by atoms with Gasteiger partial charge in [0.2, 0.25) is 5.91 Å². The molecule has 0 aliphatic heterocycles. The molecule has 452 valence electrons. The molecule has 3 atom stereocenters. The highest BCUT2D eigenvalue weighted by Crippen LogP contribution is 2.38. The maximum Gasteiger partial charge on any atom is 0.268 e. The third-order valence-corrected chi connectivity index (χ3v) is 15.2.